The Balaban J connectivity index is 2.01. The number of nitrogens with zero attached hydrogens (tertiary/aromatic N) is 1. The maximum Gasteiger partial charge on any atom is 0.287 e. The molecule has 3 rings (SSSR count). The van der Waals surface area contributed by atoms with Crippen LogP contribution in [0.1, 0.15) is 19.3 Å². The molecule has 1 aromatic heterocycles. The second kappa shape index (κ2) is 8.40. The van der Waals surface area contributed by atoms with E-state index in [1.54, 1.807) is 6.07 Å². The van der Waals surface area contributed by atoms with E-state index in [9.17, 15) is 27.1 Å². The lowest BCUT2D eigenvalue weighted by Crippen LogP contribution is -2.35. The zero-order valence-corrected chi connectivity index (χ0v) is 18.8. The predicted molar refractivity (Wildman–Crippen MR) is 116 cm³/mol. The number of aromatic nitrogens is 1. The summed E-state index contributed by atoms with van der Waals surface area (Å²) in [7, 11) is -2.90. The van der Waals surface area contributed by atoms with Crippen molar-refractivity contribution in [3.8, 4) is 0 Å². The van der Waals surface area contributed by atoms with E-state index in [-0.39, 0.29) is 36.5 Å². The molecule has 0 saturated heterocycles. The summed E-state index contributed by atoms with van der Waals surface area (Å²) in [5.74, 6) is -1.98. The van der Waals surface area contributed by atoms with Crippen molar-refractivity contribution in [2.24, 2.45) is 7.05 Å². The summed E-state index contributed by atoms with van der Waals surface area (Å²) in [6.07, 6.45) is -0.911. The Morgan fingerprint density at radius 1 is 1.23 bits per heavy atom. The van der Waals surface area contributed by atoms with Gasteiger partial charge in [-0.2, -0.15) is 0 Å². The molecule has 0 spiro atoms. The topological polar surface area (TPSA) is 121 Å². The van der Waals surface area contributed by atoms with Crippen LogP contribution in [0.5, 0.6) is 0 Å². The maximum atomic E-state index is 14.3. The minimum atomic E-state index is -4.12. The van der Waals surface area contributed by atoms with Crippen molar-refractivity contribution in [2.75, 3.05) is 16.6 Å². The first-order chi connectivity index (χ1) is 14.0. The van der Waals surface area contributed by atoms with Crippen molar-refractivity contribution >= 4 is 49.8 Å². The van der Waals surface area contributed by atoms with Crippen molar-refractivity contribution in [3.63, 3.8) is 0 Å². The standard InChI is InChI=1S/C18H20F2IN3O5S/c1-24-16(22-14-3-2-10(21)6-12(14)19)15(7-13(20)17(24)27)23-30(28,29)18(4-5-18)8-11(26)9-25/h2-3,6-7,11,22-23,25-26H,4-5,8-9H2,1H3/t11-/m0/s1. The highest BCUT2D eigenvalue weighted by atomic mass is 127. The Bertz CT molecular complexity index is 1140. The summed E-state index contributed by atoms with van der Waals surface area (Å²) in [6, 6.07) is 4.98. The van der Waals surface area contributed by atoms with Crippen LogP contribution in [0.4, 0.5) is 26.0 Å². The fourth-order valence-corrected chi connectivity index (χ4v) is 5.28. The number of pyridine rings is 1. The van der Waals surface area contributed by atoms with E-state index < -0.39 is 44.7 Å². The van der Waals surface area contributed by atoms with Gasteiger partial charge in [0.15, 0.2) is 5.82 Å². The molecule has 0 amide bonds. The van der Waals surface area contributed by atoms with Crippen LogP contribution in [0.25, 0.3) is 0 Å². The SMILES string of the molecule is Cn1c(Nc2ccc(I)cc2F)c(NS(=O)(=O)C2(C[C@H](O)CO)CC2)cc(F)c1=O. The highest BCUT2D eigenvalue weighted by Crippen LogP contribution is 2.48. The van der Waals surface area contributed by atoms with Crippen molar-refractivity contribution in [1.29, 1.82) is 0 Å². The third kappa shape index (κ3) is 4.45. The smallest absolute Gasteiger partial charge is 0.287 e. The first-order valence-corrected chi connectivity index (χ1v) is 11.5. The molecule has 12 heteroatoms. The van der Waals surface area contributed by atoms with Crippen LogP contribution in [-0.2, 0) is 17.1 Å². The van der Waals surface area contributed by atoms with Gasteiger partial charge in [0.25, 0.3) is 5.56 Å². The number of halogens is 3. The van der Waals surface area contributed by atoms with Crippen LogP contribution >= 0.6 is 22.6 Å². The van der Waals surface area contributed by atoms with Crippen molar-refractivity contribution in [3.05, 3.63) is 49.8 Å². The third-order valence-corrected chi connectivity index (χ3v) is 7.87. The molecule has 1 aliphatic carbocycles. The Kier molecular flexibility index (Phi) is 6.41. The number of nitrogens with one attached hydrogen (secondary N) is 2. The van der Waals surface area contributed by atoms with Gasteiger partial charge in [0.05, 0.1) is 28.8 Å². The number of benzene rings is 1. The molecule has 4 N–H and O–H groups in total. The first kappa shape index (κ1) is 22.9. The number of anilines is 3. The number of aliphatic hydroxyl groups excluding tert-OH is 2. The summed E-state index contributed by atoms with van der Waals surface area (Å²) < 4.78 is 56.7. The molecule has 0 bridgehead atoms. The molecule has 30 heavy (non-hydrogen) atoms. The van der Waals surface area contributed by atoms with Crippen LogP contribution in [0.3, 0.4) is 0 Å². The van der Waals surface area contributed by atoms with E-state index in [1.165, 1.54) is 19.2 Å². The molecule has 0 unspecified atom stereocenters. The summed E-state index contributed by atoms with van der Waals surface area (Å²) in [5, 5.41) is 21.4. The van der Waals surface area contributed by atoms with Gasteiger partial charge in [-0.25, -0.2) is 17.2 Å². The third-order valence-electron chi connectivity index (χ3n) is 5.00. The number of rotatable bonds is 8. The number of hydrogen-bond acceptors (Lipinski definition) is 6. The molecule has 0 radical (unpaired) electrons. The van der Waals surface area contributed by atoms with Gasteiger partial charge in [-0.15, -0.1) is 0 Å². The van der Waals surface area contributed by atoms with Crippen LogP contribution < -0.4 is 15.6 Å². The Morgan fingerprint density at radius 3 is 2.47 bits per heavy atom. The lowest BCUT2D eigenvalue weighted by atomic mass is 10.2. The molecule has 1 atom stereocenters. The zero-order chi connectivity index (χ0) is 22.3. The van der Waals surface area contributed by atoms with Crippen molar-refractivity contribution in [2.45, 2.75) is 30.1 Å². The van der Waals surface area contributed by atoms with Gasteiger partial charge in [0.2, 0.25) is 10.0 Å². The second-order valence-electron chi connectivity index (χ2n) is 7.20. The summed E-state index contributed by atoms with van der Waals surface area (Å²) >= 11 is 1.92. The van der Waals surface area contributed by atoms with Gasteiger partial charge < -0.3 is 15.5 Å². The minimum absolute atomic E-state index is 0.0330. The fourth-order valence-electron chi connectivity index (χ4n) is 3.12. The fraction of sp³-hybridized carbons (Fsp3) is 0.389. The Hall–Kier alpha value is -1.77. The lowest BCUT2D eigenvalue weighted by Gasteiger charge is -2.22. The van der Waals surface area contributed by atoms with Crippen LogP contribution in [0, 0.1) is 15.2 Å². The number of sulfonamides is 1. The molecular formula is C18H20F2IN3O5S. The molecule has 1 fully saturated rings. The molecule has 164 valence electrons. The lowest BCUT2D eigenvalue weighted by molar-refractivity contribution is 0.0858. The monoisotopic (exact) mass is 555 g/mol. The average molecular weight is 555 g/mol. The van der Waals surface area contributed by atoms with Gasteiger partial charge in [0.1, 0.15) is 11.6 Å². The zero-order valence-electron chi connectivity index (χ0n) is 15.8. The molecule has 8 nitrogen and oxygen atoms in total. The van der Waals surface area contributed by atoms with Gasteiger partial charge in [-0.05, 0) is 60.1 Å². The summed E-state index contributed by atoms with van der Waals surface area (Å²) in [6.45, 7) is -0.593. The molecule has 1 heterocycles. The largest absolute Gasteiger partial charge is 0.394 e. The molecule has 1 aliphatic rings. The summed E-state index contributed by atoms with van der Waals surface area (Å²) in [5.41, 5.74) is -1.34. The molecule has 2 aromatic rings. The Labute approximate surface area is 185 Å². The number of aliphatic hydroxyl groups is 2. The van der Waals surface area contributed by atoms with Crippen LogP contribution in [0.15, 0.2) is 29.1 Å². The van der Waals surface area contributed by atoms with Crippen LogP contribution in [0.2, 0.25) is 0 Å². The quantitative estimate of drug-likeness (QED) is 0.370. The molecule has 0 aliphatic heterocycles. The summed E-state index contributed by atoms with van der Waals surface area (Å²) in [4.78, 5) is 12.0. The average Bonchev–Trinajstić information content (AvgIpc) is 3.45. The second-order valence-corrected chi connectivity index (χ2v) is 10.5. The van der Waals surface area contributed by atoms with Gasteiger partial charge in [-0.3, -0.25) is 14.1 Å². The van der Waals surface area contributed by atoms with E-state index in [1.807, 2.05) is 22.6 Å². The van der Waals surface area contributed by atoms with E-state index in [0.717, 1.165) is 10.6 Å². The first-order valence-electron chi connectivity index (χ1n) is 8.92. The van der Waals surface area contributed by atoms with E-state index in [0.29, 0.717) is 3.57 Å². The number of hydrogen-bond donors (Lipinski definition) is 4. The van der Waals surface area contributed by atoms with Crippen LogP contribution in [-0.4, -0.2) is 40.7 Å². The van der Waals surface area contributed by atoms with Crippen molar-refractivity contribution < 1.29 is 27.4 Å². The normalized spacial score (nSPS) is 16.2. The highest BCUT2D eigenvalue weighted by Gasteiger charge is 2.55. The van der Waals surface area contributed by atoms with E-state index in [2.05, 4.69) is 10.0 Å². The Morgan fingerprint density at radius 2 is 1.90 bits per heavy atom. The molecule has 1 aromatic carbocycles. The van der Waals surface area contributed by atoms with E-state index >= 15 is 0 Å². The van der Waals surface area contributed by atoms with Gasteiger partial charge in [-0.1, -0.05) is 0 Å². The van der Waals surface area contributed by atoms with Gasteiger partial charge >= 0.3 is 0 Å². The maximum absolute atomic E-state index is 14.3. The van der Waals surface area contributed by atoms with Crippen molar-refractivity contribution in [1.82, 2.24) is 4.57 Å². The van der Waals surface area contributed by atoms with E-state index in [4.69, 9.17) is 5.11 Å². The molecular weight excluding hydrogens is 535 g/mol. The molecule has 1 saturated carbocycles. The minimum Gasteiger partial charge on any atom is -0.394 e. The highest BCUT2D eigenvalue weighted by molar-refractivity contribution is 14.1. The van der Waals surface area contributed by atoms with Gasteiger partial charge in [0, 0.05) is 16.7 Å². The predicted octanol–water partition coefficient (Wildman–Crippen LogP) is 2.03.